The molecule has 114 valence electrons. The molecule has 1 aromatic heterocycles. The second kappa shape index (κ2) is 7.20. The van der Waals surface area contributed by atoms with Crippen molar-refractivity contribution in [2.75, 3.05) is 13.7 Å². The molecule has 1 amide bonds. The van der Waals surface area contributed by atoms with Gasteiger partial charge in [-0.3, -0.25) is 14.6 Å². The van der Waals surface area contributed by atoms with Crippen LogP contribution in [-0.2, 0) is 9.53 Å². The Balaban J connectivity index is 2.15. The van der Waals surface area contributed by atoms with Crippen LogP contribution in [0.2, 0.25) is 0 Å². The fraction of sp³-hybridized carbons (Fsp3) is 0.562. The quantitative estimate of drug-likeness (QED) is 0.781. The molecule has 1 aromatic rings. The van der Waals surface area contributed by atoms with Crippen molar-refractivity contribution in [3.05, 3.63) is 30.1 Å². The van der Waals surface area contributed by atoms with Gasteiger partial charge in [0.05, 0.1) is 18.6 Å². The summed E-state index contributed by atoms with van der Waals surface area (Å²) in [5, 5.41) is 0. The molecule has 0 aliphatic heterocycles. The van der Waals surface area contributed by atoms with Gasteiger partial charge in [-0.1, -0.05) is 19.8 Å². The van der Waals surface area contributed by atoms with Crippen LogP contribution in [0.3, 0.4) is 0 Å². The molecule has 5 heteroatoms. The summed E-state index contributed by atoms with van der Waals surface area (Å²) < 4.78 is 4.77. The highest BCUT2D eigenvalue weighted by molar-refractivity contribution is 5.94. The Morgan fingerprint density at radius 2 is 2.14 bits per heavy atom. The zero-order chi connectivity index (χ0) is 15.2. The Hall–Kier alpha value is -1.91. The normalized spacial score (nSPS) is 16.5. The number of rotatable bonds is 5. The van der Waals surface area contributed by atoms with E-state index in [0.717, 1.165) is 25.7 Å². The Morgan fingerprint density at radius 3 is 2.71 bits per heavy atom. The molecule has 1 aliphatic carbocycles. The number of aromatic nitrogens is 1. The summed E-state index contributed by atoms with van der Waals surface area (Å²) in [5.74, 6) is -0.654. The summed E-state index contributed by atoms with van der Waals surface area (Å²) in [4.78, 5) is 30.2. The van der Waals surface area contributed by atoms with Crippen molar-refractivity contribution in [1.29, 1.82) is 0 Å². The lowest BCUT2D eigenvalue weighted by Crippen LogP contribution is -2.43. The smallest absolute Gasteiger partial charge is 0.310 e. The van der Waals surface area contributed by atoms with E-state index in [4.69, 9.17) is 4.74 Å². The van der Waals surface area contributed by atoms with E-state index in [9.17, 15) is 9.59 Å². The number of esters is 1. The third kappa shape index (κ3) is 3.80. The van der Waals surface area contributed by atoms with Crippen LogP contribution in [0.4, 0.5) is 0 Å². The number of pyridine rings is 1. The molecule has 1 atom stereocenters. The standard InChI is InChI=1S/C16H22N2O3/c1-12(16(20)21-2)11-18(14-7-3-4-8-14)15(19)13-6-5-9-17-10-13/h5-6,9-10,12,14H,3-4,7-8,11H2,1-2H3. The first-order valence-corrected chi connectivity index (χ1v) is 7.42. The van der Waals surface area contributed by atoms with E-state index in [1.165, 1.54) is 7.11 Å². The fourth-order valence-corrected chi connectivity index (χ4v) is 2.84. The maximum atomic E-state index is 12.7. The average molecular weight is 290 g/mol. The van der Waals surface area contributed by atoms with Gasteiger partial charge in [-0.25, -0.2) is 0 Å². The molecule has 0 N–H and O–H groups in total. The van der Waals surface area contributed by atoms with Crippen molar-refractivity contribution in [3.63, 3.8) is 0 Å². The second-order valence-corrected chi connectivity index (χ2v) is 5.56. The first-order chi connectivity index (χ1) is 10.1. The molecule has 2 rings (SSSR count). The van der Waals surface area contributed by atoms with Gasteiger partial charge in [0.25, 0.3) is 5.91 Å². The Labute approximate surface area is 125 Å². The van der Waals surface area contributed by atoms with Gasteiger partial charge in [0.1, 0.15) is 0 Å². The molecule has 1 heterocycles. The first-order valence-electron chi connectivity index (χ1n) is 7.42. The summed E-state index contributed by atoms with van der Waals surface area (Å²) >= 11 is 0. The predicted molar refractivity (Wildman–Crippen MR) is 78.7 cm³/mol. The molecule has 0 spiro atoms. The van der Waals surface area contributed by atoms with Gasteiger partial charge in [0, 0.05) is 25.0 Å². The Bertz CT molecular complexity index is 484. The van der Waals surface area contributed by atoms with Crippen LogP contribution in [0.5, 0.6) is 0 Å². The van der Waals surface area contributed by atoms with Gasteiger partial charge in [-0.05, 0) is 25.0 Å². The van der Waals surface area contributed by atoms with Crippen molar-refractivity contribution in [2.45, 2.75) is 38.6 Å². The average Bonchev–Trinajstić information content (AvgIpc) is 3.05. The van der Waals surface area contributed by atoms with Gasteiger partial charge < -0.3 is 9.64 Å². The van der Waals surface area contributed by atoms with Crippen molar-refractivity contribution in [1.82, 2.24) is 9.88 Å². The third-order valence-electron chi connectivity index (χ3n) is 4.01. The van der Waals surface area contributed by atoms with Crippen molar-refractivity contribution >= 4 is 11.9 Å². The Kier molecular flexibility index (Phi) is 5.31. The zero-order valence-electron chi connectivity index (χ0n) is 12.6. The SMILES string of the molecule is COC(=O)C(C)CN(C(=O)c1cccnc1)C1CCCC1. The van der Waals surface area contributed by atoms with Crippen LogP contribution < -0.4 is 0 Å². The largest absolute Gasteiger partial charge is 0.469 e. The molecule has 0 radical (unpaired) electrons. The number of hydrogen-bond donors (Lipinski definition) is 0. The number of carbonyl (C=O) groups is 2. The van der Waals surface area contributed by atoms with Crippen LogP contribution in [0.25, 0.3) is 0 Å². The molecular formula is C16H22N2O3. The lowest BCUT2D eigenvalue weighted by molar-refractivity contribution is -0.145. The predicted octanol–water partition coefficient (Wildman–Crippen LogP) is 2.28. The third-order valence-corrected chi connectivity index (χ3v) is 4.01. The van der Waals surface area contributed by atoms with Gasteiger partial charge in [0.15, 0.2) is 0 Å². The number of methoxy groups -OCH3 is 1. The molecule has 5 nitrogen and oxygen atoms in total. The van der Waals surface area contributed by atoms with E-state index >= 15 is 0 Å². The molecular weight excluding hydrogens is 268 g/mol. The van der Waals surface area contributed by atoms with E-state index in [0.29, 0.717) is 12.1 Å². The van der Waals surface area contributed by atoms with Crippen LogP contribution in [0.15, 0.2) is 24.5 Å². The molecule has 1 fully saturated rings. The number of hydrogen-bond acceptors (Lipinski definition) is 4. The molecule has 0 saturated heterocycles. The lowest BCUT2D eigenvalue weighted by Gasteiger charge is -2.30. The van der Waals surface area contributed by atoms with Crippen molar-refractivity contribution in [2.24, 2.45) is 5.92 Å². The summed E-state index contributed by atoms with van der Waals surface area (Å²) in [6.45, 7) is 2.19. The van der Waals surface area contributed by atoms with Crippen LogP contribution in [0.1, 0.15) is 43.0 Å². The van der Waals surface area contributed by atoms with Gasteiger partial charge in [-0.2, -0.15) is 0 Å². The summed E-state index contributed by atoms with van der Waals surface area (Å²) in [6, 6.07) is 3.73. The van der Waals surface area contributed by atoms with Crippen LogP contribution >= 0.6 is 0 Å². The highest BCUT2D eigenvalue weighted by atomic mass is 16.5. The molecule has 0 bridgehead atoms. The van der Waals surface area contributed by atoms with Crippen LogP contribution in [0, 0.1) is 5.92 Å². The molecule has 1 aliphatic rings. The maximum absolute atomic E-state index is 12.7. The van der Waals surface area contributed by atoms with E-state index in [-0.39, 0.29) is 23.8 Å². The number of nitrogens with zero attached hydrogens (tertiary/aromatic N) is 2. The maximum Gasteiger partial charge on any atom is 0.310 e. The summed E-state index contributed by atoms with van der Waals surface area (Å²) in [7, 11) is 1.38. The Morgan fingerprint density at radius 1 is 1.43 bits per heavy atom. The minimum Gasteiger partial charge on any atom is -0.469 e. The number of carbonyl (C=O) groups excluding carboxylic acids is 2. The van der Waals surface area contributed by atoms with Crippen molar-refractivity contribution in [3.8, 4) is 0 Å². The number of amides is 1. The minimum atomic E-state index is -0.323. The summed E-state index contributed by atoms with van der Waals surface area (Å²) in [5.41, 5.74) is 0.571. The topological polar surface area (TPSA) is 59.5 Å². The van der Waals surface area contributed by atoms with Gasteiger partial charge in [0.2, 0.25) is 0 Å². The fourth-order valence-electron chi connectivity index (χ4n) is 2.84. The van der Waals surface area contributed by atoms with E-state index in [1.807, 2.05) is 4.90 Å². The van der Waals surface area contributed by atoms with E-state index < -0.39 is 0 Å². The number of ether oxygens (including phenoxy) is 1. The highest BCUT2D eigenvalue weighted by Crippen LogP contribution is 2.25. The highest BCUT2D eigenvalue weighted by Gasteiger charge is 2.30. The van der Waals surface area contributed by atoms with Crippen molar-refractivity contribution < 1.29 is 14.3 Å². The minimum absolute atomic E-state index is 0.0502. The van der Waals surface area contributed by atoms with Crippen LogP contribution in [-0.4, -0.2) is 41.5 Å². The lowest BCUT2D eigenvalue weighted by atomic mass is 10.1. The zero-order valence-corrected chi connectivity index (χ0v) is 12.6. The summed E-state index contributed by atoms with van der Waals surface area (Å²) in [6.07, 6.45) is 7.49. The van der Waals surface area contributed by atoms with Gasteiger partial charge in [-0.15, -0.1) is 0 Å². The second-order valence-electron chi connectivity index (χ2n) is 5.56. The van der Waals surface area contributed by atoms with Gasteiger partial charge >= 0.3 is 5.97 Å². The van der Waals surface area contributed by atoms with E-state index in [1.54, 1.807) is 31.5 Å². The monoisotopic (exact) mass is 290 g/mol. The molecule has 1 unspecified atom stereocenters. The van der Waals surface area contributed by atoms with E-state index in [2.05, 4.69) is 4.98 Å². The molecule has 1 saturated carbocycles. The molecule has 21 heavy (non-hydrogen) atoms. The molecule has 0 aromatic carbocycles. The first kappa shape index (κ1) is 15.5.